The number of hydrogen-bond donors (Lipinski definition) is 4. The van der Waals surface area contributed by atoms with Gasteiger partial charge in [-0.1, -0.05) is 18.2 Å². The number of nitrogens with zero attached hydrogens (tertiary/aromatic N) is 3. The Kier molecular flexibility index (Phi) is 6.76. The number of imide groups is 1. The number of halogens is 1. The second kappa shape index (κ2) is 10.2. The van der Waals surface area contributed by atoms with Crippen molar-refractivity contribution in [3.05, 3.63) is 105 Å². The number of carbonyl (C=O) groups is 3. The highest BCUT2D eigenvalue weighted by Crippen LogP contribution is 2.46. The Labute approximate surface area is 231 Å². The highest BCUT2D eigenvalue weighted by Gasteiger charge is 2.40. The fraction of sp³-hybridized carbons (Fsp3) is 0.111. The topological polar surface area (TPSA) is 137 Å². The predicted molar refractivity (Wildman–Crippen MR) is 149 cm³/mol. The van der Waals surface area contributed by atoms with E-state index in [9.17, 15) is 24.6 Å². The quantitative estimate of drug-likeness (QED) is 0.311. The van der Waals surface area contributed by atoms with Gasteiger partial charge >= 0.3 is 12.0 Å². The van der Waals surface area contributed by atoms with E-state index in [0.29, 0.717) is 11.3 Å². The largest absolute Gasteiger partial charge is 0.507 e. The van der Waals surface area contributed by atoms with Crippen molar-refractivity contribution < 1.29 is 24.6 Å². The Morgan fingerprint density at radius 1 is 1.03 bits per heavy atom. The van der Waals surface area contributed by atoms with E-state index in [1.807, 2.05) is 34.8 Å². The molecule has 1 aromatic heterocycles. The molecule has 0 saturated carbocycles. The summed E-state index contributed by atoms with van der Waals surface area (Å²) in [5.74, 6) is -2.19. The summed E-state index contributed by atoms with van der Waals surface area (Å²) in [5, 5.41) is 24.5. The van der Waals surface area contributed by atoms with Crippen LogP contribution in [0.2, 0.25) is 0 Å². The first kappa shape index (κ1) is 25.3. The second-order valence-corrected chi connectivity index (χ2v) is 9.93. The molecule has 2 aliphatic rings. The number of benzene rings is 2. The van der Waals surface area contributed by atoms with E-state index in [4.69, 9.17) is 0 Å². The fourth-order valence-electron chi connectivity index (χ4n) is 4.54. The van der Waals surface area contributed by atoms with Crippen molar-refractivity contribution >= 4 is 51.9 Å². The van der Waals surface area contributed by atoms with Gasteiger partial charge in [0.15, 0.2) is 0 Å². The molecule has 3 amide bonds. The Morgan fingerprint density at radius 2 is 1.74 bits per heavy atom. The van der Waals surface area contributed by atoms with Crippen molar-refractivity contribution in [2.45, 2.75) is 6.04 Å². The molecule has 0 fully saturated rings. The number of aromatic nitrogens is 2. The van der Waals surface area contributed by atoms with Crippen LogP contribution in [0.1, 0.15) is 15.9 Å². The van der Waals surface area contributed by atoms with E-state index in [-0.39, 0.29) is 23.3 Å². The lowest BCUT2D eigenvalue weighted by Gasteiger charge is -2.28. The summed E-state index contributed by atoms with van der Waals surface area (Å²) in [5.41, 5.74) is 3.29. The number of carboxylic acid groups (broad SMARTS) is 1. The van der Waals surface area contributed by atoms with E-state index in [1.165, 1.54) is 0 Å². The number of nitrogens with one attached hydrogen (secondary N) is 2. The maximum absolute atomic E-state index is 12.7. The van der Waals surface area contributed by atoms with Gasteiger partial charge in [0.05, 0.1) is 23.6 Å². The molecule has 0 spiro atoms. The first-order chi connectivity index (χ1) is 18.2. The molecule has 0 bridgehead atoms. The molecule has 2 heterocycles. The van der Waals surface area contributed by atoms with E-state index in [2.05, 4.69) is 38.2 Å². The van der Waals surface area contributed by atoms with Gasteiger partial charge in [-0.3, -0.25) is 10.1 Å². The summed E-state index contributed by atoms with van der Waals surface area (Å²) in [6, 6.07) is 13.0. The van der Waals surface area contributed by atoms with Crippen LogP contribution in [0.15, 0.2) is 94.3 Å². The van der Waals surface area contributed by atoms with Crippen LogP contribution in [0.3, 0.4) is 0 Å². The molecule has 0 radical (unpaired) electrons. The van der Waals surface area contributed by atoms with Crippen molar-refractivity contribution in [3.63, 3.8) is 0 Å². The lowest BCUT2D eigenvalue weighted by atomic mass is 9.91. The third kappa shape index (κ3) is 4.79. The number of amides is 3. The molecule has 3 aromatic rings. The van der Waals surface area contributed by atoms with Gasteiger partial charge < -0.3 is 25.0 Å². The molecule has 2 aromatic carbocycles. The molecule has 2 atom stereocenters. The van der Waals surface area contributed by atoms with Crippen molar-refractivity contribution in [2.75, 3.05) is 12.4 Å². The lowest BCUT2D eigenvalue weighted by Crippen LogP contribution is -2.34. The van der Waals surface area contributed by atoms with Gasteiger partial charge in [0.1, 0.15) is 5.76 Å². The molecule has 5 rings (SSSR count). The molecule has 38 heavy (non-hydrogen) atoms. The fourth-order valence-corrected chi connectivity index (χ4v) is 5.78. The van der Waals surface area contributed by atoms with Gasteiger partial charge in [-0.25, -0.2) is 14.6 Å². The molecule has 11 heteroatoms. The second-order valence-electron chi connectivity index (χ2n) is 8.76. The van der Waals surface area contributed by atoms with Crippen molar-refractivity contribution in [2.24, 2.45) is 5.92 Å². The minimum Gasteiger partial charge on any atom is -0.507 e. The summed E-state index contributed by atoms with van der Waals surface area (Å²) in [6.45, 7) is 0. The zero-order valence-electron chi connectivity index (χ0n) is 20.0. The van der Waals surface area contributed by atoms with Crippen molar-refractivity contribution in [1.29, 1.82) is 0 Å². The Morgan fingerprint density at radius 3 is 2.37 bits per heavy atom. The van der Waals surface area contributed by atoms with Crippen LogP contribution in [-0.4, -0.2) is 55.7 Å². The number of hydrogen-bond acceptors (Lipinski definition) is 6. The number of carboxylic acids is 1. The van der Waals surface area contributed by atoms with Gasteiger partial charge in [-0.2, -0.15) is 0 Å². The molecule has 4 N–H and O–H groups in total. The summed E-state index contributed by atoms with van der Waals surface area (Å²) >= 11 is 2.19. The molecule has 0 saturated heterocycles. The predicted octanol–water partition coefficient (Wildman–Crippen LogP) is 4.33. The number of rotatable bonds is 5. The molecule has 10 nitrogen and oxygen atoms in total. The Balaban J connectivity index is 1.25. The number of carbonyl (C=O) groups excluding carboxylic acids is 2. The van der Waals surface area contributed by atoms with E-state index >= 15 is 0 Å². The molecular weight excluding hydrogens is 601 g/mol. The Hall–Kier alpha value is -4.39. The highest BCUT2D eigenvalue weighted by molar-refractivity contribution is 14.1. The molecule has 1 aliphatic heterocycles. The van der Waals surface area contributed by atoms with Crippen LogP contribution in [0.25, 0.3) is 11.4 Å². The number of fused-ring (bicyclic) bond motifs is 1. The van der Waals surface area contributed by atoms with Crippen LogP contribution in [0.4, 0.5) is 10.5 Å². The Bertz CT molecular complexity index is 1510. The minimum atomic E-state index is -1.18. The number of likely N-dealkylation sites (N-methyl/N-ethyl adjacent to an activating group) is 1. The van der Waals surface area contributed by atoms with Crippen molar-refractivity contribution in [1.82, 2.24) is 19.8 Å². The number of aliphatic hydroxyl groups excluding tert-OH is 1. The first-order valence-electron chi connectivity index (χ1n) is 11.5. The van der Waals surface area contributed by atoms with Crippen LogP contribution >= 0.6 is 22.6 Å². The highest BCUT2D eigenvalue weighted by atomic mass is 127. The third-order valence-corrected chi connectivity index (χ3v) is 7.67. The van der Waals surface area contributed by atoms with Gasteiger partial charge in [-0.05, 0) is 70.6 Å². The van der Waals surface area contributed by atoms with Gasteiger partial charge in [0, 0.05) is 45.9 Å². The zero-order chi connectivity index (χ0) is 27.0. The average Bonchev–Trinajstić information content (AvgIpc) is 3.51. The van der Waals surface area contributed by atoms with Crippen LogP contribution < -0.4 is 10.6 Å². The number of imidazole rings is 1. The lowest BCUT2D eigenvalue weighted by molar-refractivity contribution is -0.132. The molecule has 1 aliphatic carbocycles. The van der Waals surface area contributed by atoms with E-state index in [0.717, 1.165) is 20.5 Å². The number of aliphatic carboxylic acids is 1. The van der Waals surface area contributed by atoms with Gasteiger partial charge in [-0.15, -0.1) is 0 Å². The molecular formula is C27H22IN5O5. The molecule has 2 unspecified atom stereocenters. The van der Waals surface area contributed by atoms with E-state index in [1.54, 1.807) is 61.1 Å². The molecule has 192 valence electrons. The first-order valence-corrected chi connectivity index (χ1v) is 12.6. The van der Waals surface area contributed by atoms with Crippen LogP contribution in [-0.2, 0) is 4.79 Å². The number of urea groups is 1. The summed E-state index contributed by atoms with van der Waals surface area (Å²) in [4.78, 5) is 42.5. The summed E-state index contributed by atoms with van der Waals surface area (Å²) in [6.07, 6.45) is 8.26. The van der Waals surface area contributed by atoms with E-state index < -0.39 is 17.9 Å². The SMILES string of the molecule is CN1C(c2ccc(C(=O)NC(=O)Nc3ccc(-n4ccnc4)cc3)cc2)=C(I)C2C=C(C(=O)O)C(O)=CC21. The normalized spacial score (nSPS) is 18.4. The van der Waals surface area contributed by atoms with Crippen molar-refractivity contribution in [3.8, 4) is 5.69 Å². The monoisotopic (exact) mass is 623 g/mol. The summed E-state index contributed by atoms with van der Waals surface area (Å²) < 4.78 is 2.75. The van der Waals surface area contributed by atoms with Gasteiger partial charge in [0.2, 0.25) is 0 Å². The average molecular weight is 623 g/mol. The van der Waals surface area contributed by atoms with Crippen LogP contribution in [0, 0.1) is 5.92 Å². The number of aliphatic hydroxyl groups is 1. The number of anilines is 1. The summed E-state index contributed by atoms with van der Waals surface area (Å²) in [7, 11) is 1.87. The maximum Gasteiger partial charge on any atom is 0.339 e. The smallest absolute Gasteiger partial charge is 0.339 e. The maximum atomic E-state index is 12.7. The van der Waals surface area contributed by atoms with Gasteiger partial charge in [0.25, 0.3) is 5.91 Å². The van der Waals surface area contributed by atoms with Crippen LogP contribution in [0.5, 0.6) is 0 Å². The zero-order valence-corrected chi connectivity index (χ0v) is 22.2. The third-order valence-electron chi connectivity index (χ3n) is 6.44. The standard InChI is InChI=1S/C27H22IN5O5/c1-32-21-13-22(34)20(26(36)37)12-19(21)23(28)24(32)15-2-4-16(5-3-15)25(35)31-27(38)30-17-6-8-18(9-7-17)33-11-10-29-14-33/h2-14,19,21,34H,1H3,(H,36,37)(H2,30,31,35,38). The minimum absolute atomic E-state index is 0.116.